The van der Waals surface area contributed by atoms with Gasteiger partial charge in [0.2, 0.25) is 0 Å². The van der Waals surface area contributed by atoms with E-state index in [1.165, 1.54) is 296 Å². The van der Waals surface area contributed by atoms with Crippen molar-refractivity contribution >= 4 is 90.7 Å². The lowest BCUT2D eigenvalue weighted by atomic mass is 10.0. The normalized spacial score (nSPS) is 11.7. The Balaban J connectivity index is 1.25. The average Bonchev–Trinajstić information content (AvgIpc) is 1.65. The van der Waals surface area contributed by atoms with Gasteiger partial charge in [0.05, 0.1) is 0 Å². The molecular weight excluding hydrogens is 1270 g/mol. The zero-order valence-corrected chi connectivity index (χ0v) is 64.6. The summed E-state index contributed by atoms with van der Waals surface area (Å²) in [6.07, 6.45) is 49.0. The van der Waals surface area contributed by atoms with Crippen LogP contribution in [0.15, 0.2) is 48.5 Å². The maximum Gasteiger partial charge on any atom is 0.110 e. The number of nitriles is 2. The van der Waals surface area contributed by atoms with Gasteiger partial charge < -0.3 is 0 Å². The van der Waals surface area contributed by atoms with Gasteiger partial charge in [-0.1, -0.05) is 209 Å². The van der Waals surface area contributed by atoms with Gasteiger partial charge in [0.15, 0.2) is 0 Å². The fourth-order valence-electron chi connectivity index (χ4n) is 13.2. The molecule has 0 unspecified atom stereocenters. The highest BCUT2D eigenvalue weighted by molar-refractivity contribution is 7.32. The lowest BCUT2D eigenvalue weighted by Gasteiger charge is -2.06. The van der Waals surface area contributed by atoms with Crippen molar-refractivity contribution in [2.24, 2.45) is 0 Å². The van der Waals surface area contributed by atoms with E-state index in [-0.39, 0.29) is 0 Å². The van der Waals surface area contributed by atoms with Crippen LogP contribution in [-0.2, 0) is 51.4 Å². The number of hydrogen-bond acceptors (Lipinski definition) is 10. The standard InChI is InChI=1S/C82H112N2S8/c1-9-17-25-33-41-59-49-67(57-83)85-75(59)77-61(43-35-27-19-11-3)51-69(87-77)71-53-63(45-37-29-21-13-5)79(89-71)81-65(47-39-31-23-15-7)55-73(91-81)74-56-66(48-40-32-24-16-8)82(92-74)80-64(46-38-30-22-14-6)54-72(90-80)70-52-62(44-36-28-20-12-4)78(88-70)76-60(42-34-26-18-10-2)50-68(58-84)86-76/h49-56H,9-48H2,1-8H3. The van der Waals surface area contributed by atoms with Crippen molar-refractivity contribution in [3.8, 4) is 80.4 Å². The van der Waals surface area contributed by atoms with Gasteiger partial charge in [-0.2, -0.15) is 10.5 Å². The summed E-state index contributed by atoms with van der Waals surface area (Å²) in [5.74, 6) is 0. The summed E-state index contributed by atoms with van der Waals surface area (Å²) in [5.41, 5.74) is 12.0. The summed E-state index contributed by atoms with van der Waals surface area (Å²) in [5, 5.41) is 20.6. The molecule has 0 N–H and O–H groups in total. The lowest BCUT2D eigenvalue weighted by molar-refractivity contribution is 0.666. The van der Waals surface area contributed by atoms with E-state index in [9.17, 15) is 10.5 Å². The van der Waals surface area contributed by atoms with Crippen molar-refractivity contribution in [2.45, 2.75) is 312 Å². The van der Waals surface area contributed by atoms with Gasteiger partial charge in [0.1, 0.15) is 21.9 Å². The maximum atomic E-state index is 10.3. The molecular formula is C82H112N2S8. The SMILES string of the molecule is CCCCCCc1cc(C#N)sc1-c1sc(-c2cc(CCCCCC)c(-c3sc(-c4cc(CCCCCC)c(-c5sc(-c6cc(CCCCCC)c(-c7sc(C#N)cc7CCCCCC)s6)cc5CCCCCC)s4)cc3CCCCCC)s2)cc1CCCCCC. The monoisotopic (exact) mass is 1380 g/mol. The van der Waals surface area contributed by atoms with Crippen LogP contribution in [0.1, 0.15) is 315 Å². The molecule has 8 rings (SSSR count). The molecule has 0 aliphatic rings. The molecule has 0 bridgehead atoms. The van der Waals surface area contributed by atoms with Crippen molar-refractivity contribution in [1.29, 1.82) is 10.5 Å². The molecule has 0 saturated heterocycles. The molecule has 0 spiro atoms. The molecule has 0 fully saturated rings. The Morgan fingerprint density at radius 2 is 0.359 bits per heavy atom. The number of unbranched alkanes of at least 4 members (excludes halogenated alkanes) is 24. The second-order valence-electron chi connectivity index (χ2n) is 26.4. The molecule has 0 radical (unpaired) electrons. The van der Waals surface area contributed by atoms with Crippen LogP contribution in [-0.4, -0.2) is 0 Å². The average molecular weight is 1380 g/mol. The molecule has 0 amide bonds. The van der Waals surface area contributed by atoms with Crippen molar-refractivity contribution < 1.29 is 0 Å². The third-order valence-electron chi connectivity index (χ3n) is 18.6. The zero-order valence-electron chi connectivity index (χ0n) is 58.1. The second kappa shape index (κ2) is 41.0. The maximum absolute atomic E-state index is 10.3. The van der Waals surface area contributed by atoms with Gasteiger partial charge in [-0.3, -0.25) is 0 Å². The summed E-state index contributed by atoms with van der Waals surface area (Å²) in [6, 6.07) is 25.4. The largest absolute Gasteiger partial charge is 0.192 e. The van der Waals surface area contributed by atoms with Gasteiger partial charge in [-0.05, 0) is 196 Å². The highest BCUT2D eigenvalue weighted by atomic mass is 32.1. The van der Waals surface area contributed by atoms with Crippen molar-refractivity contribution in [1.82, 2.24) is 0 Å². The minimum atomic E-state index is 0.859. The minimum absolute atomic E-state index is 0.859. The van der Waals surface area contributed by atoms with E-state index >= 15 is 0 Å². The van der Waals surface area contributed by atoms with Gasteiger partial charge in [-0.25, -0.2) is 0 Å². The van der Waals surface area contributed by atoms with E-state index in [0.29, 0.717) is 0 Å². The number of aryl methyl sites for hydroxylation is 8. The highest BCUT2D eigenvalue weighted by Gasteiger charge is 2.27. The highest BCUT2D eigenvalue weighted by Crippen LogP contribution is 2.54. The van der Waals surface area contributed by atoms with Crippen molar-refractivity contribution in [3.05, 3.63) is 103 Å². The Kier molecular flexibility index (Phi) is 33.1. The van der Waals surface area contributed by atoms with Crippen LogP contribution in [0.2, 0.25) is 0 Å². The molecule has 0 aliphatic heterocycles. The molecule has 0 saturated carbocycles. The van der Waals surface area contributed by atoms with Crippen LogP contribution in [0.25, 0.3) is 68.3 Å². The predicted octanol–water partition coefficient (Wildman–Crippen LogP) is 30.6. The summed E-state index contributed by atoms with van der Waals surface area (Å²) >= 11 is 16.0. The molecule has 0 aliphatic carbocycles. The predicted molar refractivity (Wildman–Crippen MR) is 420 cm³/mol. The third kappa shape index (κ3) is 21.3. The summed E-state index contributed by atoms with van der Waals surface area (Å²) < 4.78 is 0. The quantitative estimate of drug-likeness (QED) is 0.0357. The molecule has 0 aromatic carbocycles. The molecule has 0 atom stereocenters. The Bertz CT molecular complexity index is 3270. The lowest BCUT2D eigenvalue weighted by Crippen LogP contribution is -1.89. The van der Waals surface area contributed by atoms with Crippen LogP contribution in [0, 0.1) is 22.7 Å². The molecule has 8 heterocycles. The van der Waals surface area contributed by atoms with Gasteiger partial charge in [-0.15, -0.1) is 90.7 Å². The van der Waals surface area contributed by atoms with Gasteiger partial charge in [0, 0.05) is 68.3 Å². The van der Waals surface area contributed by atoms with Gasteiger partial charge >= 0.3 is 0 Å². The van der Waals surface area contributed by atoms with Crippen LogP contribution in [0.5, 0.6) is 0 Å². The topological polar surface area (TPSA) is 47.6 Å². The Morgan fingerprint density at radius 1 is 0.207 bits per heavy atom. The number of nitrogens with zero attached hydrogens (tertiary/aromatic N) is 2. The minimum Gasteiger partial charge on any atom is -0.192 e. The third-order valence-corrected chi connectivity index (χ3v) is 29.1. The van der Waals surface area contributed by atoms with E-state index in [4.69, 9.17) is 0 Å². The van der Waals surface area contributed by atoms with E-state index in [1.807, 2.05) is 22.7 Å². The van der Waals surface area contributed by atoms with E-state index in [0.717, 1.165) is 61.1 Å². The Labute approximate surface area is 591 Å². The molecule has 498 valence electrons. The summed E-state index contributed by atoms with van der Waals surface area (Å²) in [6.45, 7) is 18.6. The van der Waals surface area contributed by atoms with Crippen LogP contribution in [0.3, 0.4) is 0 Å². The van der Waals surface area contributed by atoms with Crippen molar-refractivity contribution in [2.75, 3.05) is 0 Å². The fourth-order valence-corrected chi connectivity index (χ4v) is 23.5. The van der Waals surface area contributed by atoms with Crippen LogP contribution in [0.4, 0.5) is 0 Å². The molecule has 8 aromatic heterocycles. The fraction of sp³-hybridized carbons (Fsp3) is 0.585. The molecule has 92 heavy (non-hydrogen) atoms. The summed E-state index contributed by atoms with van der Waals surface area (Å²) in [7, 11) is 0. The molecule has 2 nitrogen and oxygen atoms in total. The number of hydrogen-bond donors (Lipinski definition) is 0. The zero-order chi connectivity index (χ0) is 64.9. The first-order valence-electron chi connectivity index (χ1n) is 37.1. The number of rotatable bonds is 47. The van der Waals surface area contributed by atoms with E-state index in [2.05, 4.69) is 161 Å². The molecule has 10 heteroatoms. The van der Waals surface area contributed by atoms with E-state index < -0.39 is 0 Å². The van der Waals surface area contributed by atoms with Crippen LogP contribution < -0.4 is 0 Å². The van der Waals surface area contributed by atoms with Crippen LogP contribution >= 0.6 is 90.7 Å². The van der Waals surface area contributed by atoms with E-state index in [1.54, 1.807) is 44.9 Å². The Morgan fingerprint density at radius 3 is 0.511 bits per heavy atom. The van der Waals surface area contributed by atoms with Gasteiger partial charge in [0.25, 0.3) is 0 Å². The van der Waals surface area contributed by atoms with Crippen molar-refractivity contribution in [3.63, 3.8) is 0 Å². The number of thiophene rings is 8. The first kappa shape index (κ1) is 74.4. The first-order valence-corrected chi connectivity index (χ1v) is 43.6. The first-order chi connectivity index (χ1) is 45.2. The smallest absolute Gasteiger partial charge is 0.110 e. The second-order valence-corrected chi connectivity index (χ2v) is 34.8. The Hall–Kier alpha value is -3.42. The summed E-state index contributed by atoms with van der Waals surface area (Å²) in [4.78, 5) is 22.1. The molecule has 8 aromatic rings.